The molecule has 30 heavy (non-hydrogen) atoms. The number of nitrogens with one attached hydrogen (secondary N) is 2. The number of amides is 2. The molecule has 1 aliphatic rings. The van der Waals surface area contributed by atoms with Crippen LogP contribution in [0.15, 0.2) is 60.8 Å². The van der Waals surface area contributed by atoms with Crippen molar-refractivity contribution >= 4 is 22.5 Å². The first kappa shape index (κ1) is 20.3. The fourth-order valence-corrected chi connectivity index (χ4v) is 4.21. The molecule has 1 aromatic heterocycles. The Labute approximate surface area is 177 Å². The molecule has 2 aromatic carbocycles. The van der Waals surface area contributed by atoms with Gasteiger partial charge in [-0.15, -0.1) is 0 Å². The number of hydrogen-bond donors (Lipinski definition) is 2. The number of rotatable bonds is 6. The highest BCUT2D eigenvalue weighted by molar-refractivity contribution is 6.02. The van der Waals surface area contributed by atoms with Gasteiger partial charge in [-0.3, -0.25) is 9.88 Å². The first-order valence-electron chi connectivity index (χ1n) is 10.3. The van der Waals surface area contributed by atoms with Crippen molar-refractivity contribution in [2.75, 3.05) is 38.7 Å². The SMILES string of the molecule is COCCN1C[C@@H](NC(=O)Nc2c(C)ncc3ccccc23)[C@H](c2ccccc2)C1. The van der Waals surface area contributed by atoms with Gasteiger partial charge in [-0.25, -0.2) is 4.79 Å². The summed E-state index contributed by atoms with van der Waals surface area (Å²) in [6.45, 7) is 5.14. The van der Waals surface area contributed by atoms with Gasteiger partial charge in [0, 0.05) is 49.6 Å². The molecule has 0 bridgehead atoms. The number of aromatic nitrogens is 1. The Morgan fingerprint density at radius 3 is 2.70 bits per heavy atom. The second-order valence-electron chi connectivity index (χ2n) is 7.78. The van der Waals surface area contributed by atoms with E-state index < -0.39 is 0 Å². The summed E-state index contributed by atoms with van der Waals surface area (Å²) in [7, 11) is 1.72. The number of benzene rings is 2. The smallest absolute Gasteiger partial charge is 0.319 e. The Bertz CT molecular complexity index is 1010. The van der Waals surface area contributed by atoms with E-state index in [9.17, 15) is 4.79 Å². The summed E-state index contributed by atoms with van der Waals surface area (Å²) < 4.78 is 5.25. The number of methoxy groups -OCH3 is 1. The minimum absolute atomic E-state index is 0.0208. The van der Waals surface area contributed by atoms with Crippen molar-refractivity contribution in [1.29, 1.82) is 0 Å². The molecule has 0 aliphatic carbocycles. The Kier molecular flexibility index (Phi) is 6.26. The Hall–Kier alpha value is -2.96. The minimum atomic E-state index is -0.198. The van der Waals surface area contributed by atoms with Crippen LogP contribution in [0.3, 0.4) is 0 Å². The highest BCUT2D eigenvalue weighted by Crippen LogP contribution is 2.28. The summed E-state index contributed by atoms with van der Waals surface area (Å²) in [5.41, 5.74) is 2.80. The Balaban J connectivity index is 1.52. The first-order chi connectivity index (χ1) is 14.7. The number of fused-ring (bicyclic) bond motifs is 1. The quantitative estimate of drug-likeness (QED) is 0.656. The maximum absolute atomic E-state index is 13.0. The summed E-state index contributed by atoms with van der Waals surface area (Å²) in [6, 6.07) is 18.2. The van der Waals surface area contributed by atoms with Crippen molar-refractivity contribution in [1.82, 2.24) is 15.2 Å². The van der Waals surface area contributed by atoms with Gasteiger partial charge in [-0.05, 0) is 12.5 Å². The van der Waals surface area contributed by atoms with Crippen molar-refractivity contribution in [3.05, 3.63) is 72.1 Å². The van der Waals surface area contributed by atoms with Crippen molar-refractivity contribution in [2.45, 2.75) is 18.9 Å². The van der Waals surface area contributed by atoms with Crippen LogP contribution >= 0.6 is 0 Å². The number of anilines is 1. The molecular formula is C24H28N4O2. The highest BCUT2D eigenvalue weighted by Gasteiger charge is 2.34. The predicted octanol–water partition coefficient (Wildman–Crippen LogP) is 3.78. The second-order valence-corrected chi connectivity index (χ2v) is 7.78. The fraction of sp³-hybridized carbons (Fsp3) is 0.333. The molecule has 3 aromatic rings. The third-order valence-electron chi connectivity index (χ3n) is 5.78. The lowest BCUT2D eigenvalue weighted by atomic mass is 9.94. The number of nitrogens with zero attached hydrogens (tertiary/aromatic N) is 2. The monoisotopic (exact) mass is 404 g/mol. The molecule has 2 N–H and O–H groups in total. The van der Waals surface area contributed by atoms with E-state index in [4.69, 9.17) is 4.74 Å². The highest BCUT2D eigenvalue weighted by atomic mass is 16.5. The van der Waals surface area contributed by atoms with Crippen LogP contribution in [0.4, 0.5) is 10.5 Å². The average Bonchev–Trinajstić information content (AvgIpc) is 3.17. The van der Waals surface area contributed by atoms with Crippen LogP contribution in [-0.4, -0.2) is 55.3 Å². The van der Waals surface area contributed by atoms with Gasteiger partial charge < -0.3 is 15.4 Å². The molecule has 4 rings (SSSR count). The largest absolute Gasteiger partial charge is 0.383 e. The molecule has 2 heterocycles. The number of hydrogen-bond acceptors (Lipinski definition) is 4. The molecule has 1 fully saturated rings. The topological polar surface area (TPSA) is 66.5 Å². The third-order valence-corrected chi connectivity index (χ3v) is 5.78. The maximum Gasteiger partial charge on any atom is 0.319 e. The molecule has 1 saturated heterocycles. The number of pyridine rings is 1. The van der Waals surface area contributed by atoms with E-state index in [1.807, 2.05) is 43.5 Å². The first-order valence-corrected chi connectivity index (χ1v) is 10.3. The van der Waals surface area contributed by atoms with Crippen LogP contribution in [-0.2, 0) is 4.74 Å². The van der Waals surface area contributed by atoms with Crippen LogP contribution < -0.4 is 10.6 Å². The molecule has 0 spiro atoms. The molecule has 1 aliphatic heterocycles. The van der Waals surface area contributed by atoms with Crippen molar-refractivity contribution in [2.24, 2.45) is 0 Å². The normalized spacial score (nSPS) is 19.1. The molecule has 6 nitrogen and oxygen atoms in total. The second kappa shape index (κ2) is 9.24. The number of likely N-dealkylation sites (tertiary alicyclic amines) is 1. The zero-order valence-electron chi connectivity index (χ0n) is 17.5. The van der Waals surface area contributed by atoms with E-state index in [2.05, 4.69) is 44.8 Å². The van der Waals surface area contributed by atoms with Gasteiger partial charge in [0.05, 0.1) is 24.0 Å². The zero-order chi connectivity index (χ0) is 20.9. The predicted molar refractivity (Wildman–Crippen MR) is 120 cm³/mol. The van der Waals surface area contributed by atoms with Crippen molar-refractivity contribution < 1.29 is 9.53 Å². The molecule has 0 saturated carbocycles. The van der Waals surface area contributed by atoms with Crippen LogP contribution in [0, 0.1) is 6.92 Å². The molecular weight excluding hydrogens is 376 g/mol. The zero-order valence-corrected chi connectivity index (χ0v) is 17.5. The molecule has 2 amide bonds. The van der Waals surface area contributed by atoms with Crippen LogP contribution in [0.5, 0.6) is 0 Å². The minimum Gasteiger partial charge on any atom is -0.383 e. The summed E-state index contributed by atoms with van der Waals surface area (Å²) in [5, 5.41) is 8.27. The summed E-state index contributed by atoms with van der Waals surface area (Å²) in [5.74, 6) is 0.237. The Morgan fingerprint density at radius 2 is 1.90 bits per heavy atom. The van der Waals surface area contributed by atoms with Crippen LogP contribution in [0.2, 0.25) is 0 Å². The number of carbonyl (C=O) groups is 1. The number of urea groups is 1. The maximum atomic E-state index is 13.0. The summed E-state index contributed by atoms with van der Waals surface area (Å²) >= 11 is 0. The van der Waals surface area contributed by atoms with Gasteiger partial charge in [-0.2, -0.15) is 0 Å². The average molecular weight is 405 g/mol. The van der Waals surface area contributed by atoms with E-state index >= 15 is 0 Å². The van der Waals surface area contributed by atoms with E-state index in [0.717, 1.165) is 41.8 Å². The van der Waals surface area contributed by atoms with E-state index in [1.54, 1.807) is 7.11 Å². The van der Waals surface area contributed by atoms with Gasteiger partial charge in [0.1, 0.15) is 0 Å². The molecule has 0 radical (unpaired) electrons. The van der Waals surface area contributed by atoms with E-state index in [0.29, 0.717) is 6.61 Å². The van der Waals surface area contributed by atoms with E-state index in [1.165, 1.54) is 5.56 Å². The molecule has 2 atom stereocenters. The fourth-order valence-electron chi connectivity index (χ4n) is 4.21. The number of ether oxygens (including phenoxy) is 1. The lowest BCUT2D eigenvalue weighted by Crippen LogP contribution is -2.42. The van der Waals surface area contributed by atoms with Crippen molar-refractivity contribution in [3.8, 4) is 0 Å². The molecule has 156 valence electrons. The van der Waals surface area contributed by atoms with Gasteiger partial charge in [0.25, 0.3) is 0 Å². The standard InChI is InChI=1S/C24H28N4O2/c1-17-23(20-11-7-6-10-19(20)14-25-17)27-24(29)26-22-16-28(12-13-30-2)15-21(22)18-8-4-3-5-9-18/h3-11,14,21-22H,12-13,15-16H2,1-2H3,(H2,26,27,29)/t21-,22+/m0/s1. The summed E-state index contributed by atoms with van der Waals surface area (Å²) in [4.78, 5) is 19.7. The van der Waals surface area contributed by atoms with Gasteiger partial charge >= 0.3 is 6.03 Å². The van der Waals surface area contributed by atoms with Crippen LogP contribution in [0.1, 0.15) is 17.2 Å². The summed E-state index contributed by atoms with van der Waals surface area (Å²) in [6.07, 6.45) is 1.84. The van der Waals surface area contributed by atoms with Gasteiger partial charge in [-0.1, -0.05) is 54.6 Å². The Morgan fingerprint density at radius 1 is 1.13 bits per heavy atom. The number of aryl methyl sites for hydroxylation is 1. The molecule has 6 heteroatoms. The van der Waals surface area contributed by atoms with E-state index in [-0.39, 0.29) is 18.0 Å². The van der Waals surface area contributed by atoms with Gasteiger partial charge in [0.15, 0.2) is 0 Å². The van der Waals surface area contributed by atoms with Crippen molar-refractivity contribution in [3.63, 3.8) is 0 Å². The third kappa shape index (κ3) is 4.45. The number of carbonyl (C=O) groups excluding carboxylic acids is 1. The lowest BCUT2D eigenvalue weighted by molar-refractivity contribution is 0.159. The molecule has 0 unspecified atom stereocenters. The van der Waals surface area contributed by atoms with Crippen LogP contribution in [0.25, 0.3) is 10.8 Å². The van der Waals surface area contributed by atoms with Gasteiger partial charge in [0.2, 0.25) is 0 Å². The lowest BCUT2D eigenvalue weighted by Gasteiger charge is -2.21.